The molecule has 19 heavy (non-hydrogen) atoms. The first-order valence-electron chi connectivity index (χ1n) is 5.80. The minimum atomic E-state index is -0.637. The van der Waals surface area contributed by atoms with Crippen LogP contribution in [0, 0.1) is 5.82 Å². The Bertz CT molecular complexity index is 500. The Morgan fingerprint density at radius 2 is 2.16 bits per heavy atom. The standard InChI is InChI=1S/C14H17ClFNO2/c1-14(2,9-18)17(3)13(19)7-5-10-4-6-12(16)11(15)8-10/h4-8,18H,9H2,1-3H3/b7-5+. The lowest BCUT2D eigenvalue weighted by Crippen LogP contribution is -2.47. The number of likely N-dealkylation sites (N-methyl/N-ethyl adjacent to an activating group) is 1. The molecular weight excluding hydrogens is 269 g/mol. The molecule has 1 N–H and O–H groups in total. The number of rotatable bonds is 4. The molecule has 1 amide bonds. The molecule has 1 rings (SSSR count). The average Bonchev–Trinajstić information content (AvgIpc) is 2.38. The first-order valence-corrected chi connectivity index (χ1v) is 6.17. The van der Waals surface area contributed by atoms with Crippen molar-refractivity contribution in [2.45, 2.75) is 19.4 Å². The highest BCUT2D eigenvalue weighted by Crippen LogP contribution is 2.17. The lowest BCUT2D eigenvalue weighted by molar-refractivity contribution is -0.130. The molecule has 5 heteroatoms. The summed E-state index contributed by atoms with van der Waals surface area (Å²) in [6.45, 7) is 3.38. The predicted molar refractivity (Wildman–Crippen MR) is 74.4 cm³/mol. The van der Waals surface area contributed by atoms with Crippen molar-refractivity contribution in [2.75, 3.05) is 13.7 Å². The van der Waals surface area contributed by atoms with E-state index in [4.69, 9.17) is 11.6 Å². The van der Waals surface area contributed by atoms with Crippen molar-refractivity contribution in [2.24, 2.45) is 0 Å². The third-order valence-corrected chi connectivity index (χ3v) is 3.28. The monoisotopic (exact) mass is 285 g/mol. The fourth-order valence-corrected chi connectivity index (χ4v) is 1.49. The summed E-state index contributed by atoms with van der Waals surface area (Å²) in [6, 6.07) is 4.22. The number of carbonyl (C=O) groups excluding carboxylic acids is 1. The van der Waals surface area contributed by atoms with Crippen molar-refractivity contribution in [3.05, 3.63) is 40.7 Å². The molecule has 0 saturated carbocycles. The third-order valence-electron chi connectivity index (χ3n) is 2.99. The van der Waals surface area contributed by atoms with Gasteiger partial charge in [-0.25, -0.2) is 4.39 Å². The van der Waals surface area contributed by atoms with E-state index in [1.807, 2.05) is 0 Å². The normalized spacial score (nSPS) is 11.9. The van der Waals surface area contributed by atoms with Gasteiger partial charge in [0.25, 0.3) is 0 Å². The molecule has 0 saturated heterocycles. The second kappa shape index (κ2) is 6.17. The molecule has 0 unspecified atom stereocenters. The number of carbonyl (C=O) groups is 1. The van der Waals surface area contributed by atoms with Crippen LogP contribution in [0.2, 0.25) is 5.02 Å². The first-order chi connectivity index (χ1) is 8.77. The van der Waals surface area contributed by atoms with Crippen molar-refractivity contribution in [3.8, 4) is 0 Å². The van der Waals surface area contributed by atoms with Gasteiger partial charge in [0.1, 0.15) is 5.82 Å². The van der Waals surface area contributed by atoms with Gasteiger partial charge in [0.2, 0.25) is 5.91 Å². The number of nitrogens with zero attached hydrogens (tertiary/aromatic N) is 1. The lowest BCUT2D eigenvalue weighted by Gasteiger charge is -2.33. The first kappa shape index (κ1) is 15.7. The molecule has 0 heterocycles. The molecule has 0 atom stereocenters. The minimum absolute atomic E-state index is 0.0126. The number of aliphatic hydroxyl groups excluding tert-OH is 1. The van der Waals surface area contributed by atoms with Gasteiger partial charge < -0.3 is 10.0 Å². The molecule has 3 nitrogen and oxygen atoms in total. The molecule has 0 aliphatic rings. The summed E-state index contributed by atoms with van der Waals surface area (Å²) >= 11 is 5.65. The summed E-state index contributed by atoms with van der Waals surface area (Å²) < 4.78 is 13.0. The van der Waals surface area contributed by atoms with Gasteiger partial charge in [-0.1, -0.05) is 17.7 Å². The maximum Gasteiger partial charge on any atom is 0.246 e. The molecule has 0 aliphatic carbocycles. The van der Waals surface area contributed by atoms with E-state index in [2.05, 4.69) is 0 Å². The van der Waals surface area contributed by atoms with Crippen LogP contribution in [0.25, 0.3) is 6.08 Å². The smallest absolute Gasteiger partial charge is 0.246 e. The van der Waals surface area contributed by atoms with Gasteiger partial charge >= 0.3 is 0 Å². The van der Waals surface area contributed by atoms with Gasteiger partial charge in [0.05, 0.1) is 17.2 Å². The van der Waals surface area contributed by atoms with E-state index in [0.717, 1.165) is 0 Å². The van der Waals surface area contributed by atoms with Gasteiger partial charge in [-0.05, 0) is 37.6 Å². The van der Waals surface area contributed by atoms with Crippen LogP contribution in [0.3, 0.4) is 0 Å². The van der Waals surface area contributed by atoms with E-state index in [1.54, 1.807) is 27.0 Å². The number of hydrogen-bond donors (Lipinski definition) is 1. The van der Waals surface area contributed by atoms with E-state index in [0.29, 0.717) is 5.56 Å². The second-order valence-electron chi connectivity index (χ2n) is 4.87. The third kappa shape index (κ3) is 4.04. The Morgan fingerprint density at radius 3 is 2.68 bits per heavy atom. The van der Waals surface area contributed by atoms with Crippen LogP contribution in [0.1, 0.15) is 19.4 Å². The summed E-state index contributed by atoms with van der Waals surface area (Å²) in [5, 5.41) is 9.20. The summed E-state index contributed by atoms with van der Waals surface area (Å²) in [7, 11) is 1.61. The molecule has 0 radical (unpaired) electrons. The Morgan fingerprint density at radius 1 is 1.53 bits per heavy atom. The maximum absolute atomic E-state index is 13.0. The van der Waals surface area contributed by atoms with Crippen molar-refractivity contribution in [3.63, 3.8) is 0 Å². The number of halogens is 2. The molecule has 0 fully saturated rings. The Kier molecular flexibility index (Phi) is 5.09. The van der Waals surface area contributed by atoms with E-state index in [1.165, 1.54) is 29.2 Å². The Labute approximate surface area is 117 Å². The van der Waals surface area contributed by atoms with Crippen LogP contribution in [0.4, 0.5) is 4.39 Å². The van der Waals surface area contributed by atoms with Crippen LogP contribution < -0.4 is 0 Å². The summed E-state index contributed by atoms with van der Waals surface area (Å²) in [5.74, 6) is -0.747. The number of benzene rings is 1. The van der Waals surface area contributed by atoms with Gasteiger partial charge in [0, 0.05) is 13.1 Å². The molecule has 0 aromatic heterocycles. The molecule has 1 aromatic rings. The van der Waals surface area contributed by atoms with Crippen LogP contribution in [0.5, 0.6) is 0 Å². The topological polar surface area (TPSA) is 40.5 Å². The van der Waals surface area contributed by atoms with Crippen LogP contribution in [-0.4, -0.2) is 35.1 Å². The van der Waals surface area contributed by atoms with E-state index < -0.39 is 11.4 Å². The average molecular weight is 286 g/mol. The fourth-order valence-electron chi connectivity index (χ4n) is 1.30. The molecule has 0 aliphatic heterocycles. The van der Waals surface area contributed by atoms with Crippen molar-refractivity contribution < 1.29 is 14.3 Å². The summed E-state index contributed by atoms with van der Waals surface area (Å²) in [4.78, 5) is 13.3. The zero-order chi connectivity index (χ0) is 14.6. The Balaban J connectivity index is 2.81. The largest absolute Gasteiger partial charge is 0.394 e. The van der Waals surface area contributed by atoms with Crippen molar-refractivity contribution in [1.82, 2.24) is 4.90 Å². The highest BCUT2D eigenvalue weighted by Gasteiger charge is 2.25. The summed E-state index contributed by atoms with van der Waals surface area (Å²) in [5.41, 5.74) is -0.00282. The van der Waals surface area contributed by atoms with Gasteiger partial charge in [0.15, 0.2) is 0 Å². The second-order valence-corrected chi connectivity index (χ2v) is 5.28. The number of hydrogen-bond acceptors (Lipinski definition) is 2. The van der Waals surface area contributed by atoms with Crippen molar-refractivity contribution in [1.29, 1.82) is 0 Å². The molecule has 104 valence electrons. The molecule has 0 bridgehead atoms. The van der Waals surface area contributed by atoms with Gasteiger partial charge in [-0.3, -0.25) is 4.79 Å². The fraction of sp³-hybridized carbons (Fsp3) is 0.357. The Hall–Kier alpha value is -1.39. The molecular formula is C14H17ClFNO2. The molecule has 1 aromatic carbocycles. The minimum Gasteiger partial charge on any atom is -0.394 e. The van der Waals surface area contributed by atoms with Crippen molar-refractivity contribution >= 4 is 23.6 Å². The SMILES string of the molecule is CN(C(=O)/C=C/c1ccc(F)c(Cl)c1)C(C)(C)CO. The lowest BCUT2D eigenvalue weighted by atomic mass is 10.1. The molecule has 0 spiro atoms. The van der Waals surface area contributed by atoms with Gasteiger partial charge in [-0.15, -0.1) is 0 Å². The predicted octanol–water partition coefficient (Wildman–Crippen LogP) is 2.72. The van der Waals surface area contributed by atoms with E-state index in [-0.39, 0.29) is 17.5 Å². The number of amides is 1. The van der Waals surface area contributed by atoms with Crippen LogP contribution >= 0.6 is 11.6 Å². The highest BCUT2D eigenvalue weighted by atomic mass is 35.5. The summed E-state index contributed by atoms with van der Waals surface area (Å²) in [6.07, 6.45) is 2.92. The number of aliphatic hydroxyl groups is 1. The van der Waals surface area contributed by atoms with Crippen LogP contribution in [0.15, 0.2) is 24.3 Å². The maximum atomic E-state index is 13.0. The quantitative estimate of drug-likeness (QED) is 0.864. The van der Waals surface area contributed by atoms with E-state index >= 15 is 0 Å². The van der Waals surface area contributed by atoms with E-state index in [9.17, 15) is 14.3 Å². The zero-order valence-corrected chi connectivity index (χ0v) is 11.9. The van der Waals surface area contributed by atoms with Crippen LogP contribution in [-0.2, 0) is 4.79 Å². The highest BCUT2D eigenvalue weighted by molar-refractivity contribution is 6.30. The van der Waals surface area contributed by atoms with Gasteiger partial charge in [-0.2, -0.15) is 0 Å². The zero-order valence-electron chi connectivity index (χ0n) is 11.2.